The number of pyridine rings is 1. The van der Waals surface area contributed by atoms with Crippen LogP contribution in [0.4, 0.5) is 4.39 Å². The Hall–Kier alpha value is -1.83. The molecule has 0 radical (unpaired) electrons. The minimum Gasteiger partial charge on any atom is -0.383 e. The van der Waals surface area contributed by atoms with Gasteiger partial charge in [-0.2, -0.15) is 4.31 Å². The third kappa shape index (κ3) is 4.09. The van der Waals surface area contributed by atoms with Crippen LogP contribution in [0.1, 0.15) is 5.56 Å². The highest BCUT2D eigenvalue weighted by Crippen LogP contribution is 2.18. The monoisotopic (exact) mass is 324 g/mol. The number of ether oxygens (including phenoxy) is 1. The zero-order chi connectivity index (χ0) is 16.0. The molecule has 0 saturated carbocycles. The number of halogens is 1. The first-order chi connectivity index (χ1) is 10.5. The molecule has 7 heteroatoms. The van der Waals surface area contributed by atoms with E-state index in [9.17, 15) is 12.8 Å². The van der Waals surface area contributed by atoms with Gasteiger partial charge in [-0.3, -0.25) is 4.98 Å². The molecule has 0 fully saturated rings. The van der Waals surface area contributed by atoms with Crippen molar-refractivity contribution >= 4 is 10.0 Å². The molecule has 1 heterocycles. The molecule has 1 aromatic heterocycles. The van der Waals surface area contributed by atoms with Gasteiger partial charge in [0.25, 0.3) is 0 Å². The van der Waals surface area contributed by atoms with Crippen LogP contribution in [0.2, 0.25) is 0 Å². The molecule has 0 amide bonds. The Balaban J connectivity index is 2.28. The van der Waals surface area contributed by atoms with Gasteiger partial charge >= 0.3 is 0 Å². The van der Waals surface area contributed by atoms with Crippen LogP contribution in [-0.2, 0) is 21.3 Å². The molecule has 0 bridgehead atoms. The maximum Gasteiger partial charge on any atom is 0.243 e. The van der Waals surface area contributed by atoms with Crippen molar-refractivity contribution in [2.24, 2.45) is 0 Å². The Labute approximate surface area is 129 Å². The molecule has 2 aromatic rings. The number of sulfonamides is 1. The molecule has 0 unspecified atom stereocenters. The second kappa shape index (κ2) is 7.44. The molecule has 2 rings (SSSR count). The van der Waals surface area contributed by atoms with Crippen molar-refractivity contribution in [3.63, 3.8) is 0 Å². The molecule has 118 valence electrons. The number of nitrogens with zero attached hydrogens (tertiary/aromatic N) is 2. The molecule has 5 nitrogen and oxygen atoms in total. The van der Waals surface area contributed by atoms with Gasteiger partial charge in [0.2, 0.25) is 10.0 Å². The lowest BCUT2D eigenvalue weighted by molar-refractivity contribution is 0.177. The molecule has 0 aliphatic heterocycles. The van der Waals surface area contributed by atoms with Crippen molar-refractivity contribution in [1.82, 2.24) is 9.29 Å². The Morgan fingerprint density at radius 2 is 1.77 bits per heavy atom. The van der Waals surface area contributed by atoms with Crippen molar-refractivity contribution in [3.8, 4) is 0 Å². The molecule has 0 aliphatic rings. The molecular weight excluding hydrogens is 307 g/mol. The Bertz CT molecular complexity index is 690. The first kappa shape index (κ1) is 16.5. The second-order valence-corrected chi connectivity index (χ2v) is 6.58. The first-order valence-electron chi connectivity index (χ1n) is 6.67. The van der Waals surface area contributed by atoms with Crippen LogP contribution < -0.4 is 0 Å². The highest BCUT2D eigenvalue weighted by atomic mass is 32.2. The molecule has 0 atom stereocenters. The summed E-state index contributed by atoms with van der Waals surface area (Å²) in [5, 5.41) is 0. The normalized spacial score (nSPS) is 11.8. The molecule has 1 aromatic carbocycles. The van der Waals surface area contributed by atoms with Crippen molar-refractivity contribution in [2.75, 3.05) is 20.3 Å². The molecule has 0 saturated heterocycles. The van der Waals surface area contributed by atoms with Crippen LogP contribution in [0.3, 0.4) is 0 Å². The van der Waals surface area contributed by atoms with Gasteiger partial charge < -0.3 is 4.74 Å². The van der Waals surface area contributed by atoms with E-state index < -0.39 is 15.8 Å². The first-order valence-corrected chi connectivity index (χ1v) is 8.11. The lowest BCUT2D eigenvalue weighted by atomic mass is 10.3. The maximum atomic E-state index is 13.0. The Morgan fingerprint density at radius 1 is 1.14 bits per heavy atom. The number of hydrogen-bond donors (Lipinski definition) is 0. The van der Waals surface area contributed by atoms with Gasteiger partial charge in [0.05, 0.1) is 11.5 Å². The lowest BCUT2D eigenvalue weighted by Crippen LogP contribution is -2.33. The fourth-order valence-electron chi connectivity index (χ4n) is 1.92. The number of methoxy groups -OCH3 is 1. The van der Waals surface area contributed by atoms with Crippen LogP contribution >= 0.6 is 0 Å². The van der Waals surface area contributed by atoms with E-state index in [2.05, 4.69) is 4.98 Å². The quantitative estimate of drug-likeness (QED) is 0.782. The van der Waals surface area contributed by atoms with Crippen LogP contribution in [0.15, 0.2) is 53.7 Å². The highest BCUT2D eigenvalue weighted by molar-refractivity contribution is 7.89. The molecular formula is C15H17FN2O3S. The summed E-state index contributed by atoms with van der Waals surface area (Å²) < 4.78 is 44.6. The van der Waals surface area contributed by atoms with Crippen molar-refractivity contribution in [3.05, 3.63) is 60.2 Å². The second-order valence-electron chi connectivity index (χ2n) is 4.64. The predicted octanol–water partition coefficient (Wildman–Crippen LogP) is 2.06. The van der Waals surface area contributed by atoms with Gasteiger partial charge in [-0.1, -0.05) is 0 Å². The van der Waals surface area contributed by atoms with Gasteiger partial charge in [0.15, 0.2) is 0 Å². The summed E-state index contributed by atoms with van der Waals surface area (Å²) in [6.07, 6.45) is 3.21. The highest BCUT2D eigenvalue weighted by Gasteiger charge is 2.24. The van der Waals surface area contributed by atoms with E-state index in [1.54, 1.807) is 24.5 Å². The van der Waals surface area contributed by atoms with E-state index in [1.165, 1.54) is 23.5 Å². The SMILES string of the molecule is COCCN(Cc1ccncc1)S(=O)(=O)c1ccc(F)cc1. The van der Waals surface area contributed by atoms with Gasteiger partial charge in [-0.25, -0.2) is 12.8 Å². The summed E-state index contributed by atoms with van der Waals surface area (Å²) in [4.78, 5) is 3.97. The standard InChI is InChI=1S/C15H17FN2O3S/c1-21-11-10-18(12-13-6-8-17-9-7-13)22(19,20)15-4-2-14(16)3-5-15/h2-9H,10-12H2,1H3. The van der Waals surface area contributed by atoms with E-state index in [0.717, 1.165) is 17.7 Å². The molecule has 22 heavy (non-hydrogen) atoms. The van der Waals surface area contributed by atoms with Gasteiger partial charge in [0.1, 0.15) is 5.82 Å². The molecule has 0 spiro atoms. The fraction of sp³-hybridized carbons (Fsp3) is 0.267. The topological polar surface area (TPSA) is 59.5 Å². The van der Waals surface area contributed by atoms with E-state index >= 15 is 0 Å². The Kier molecular flexibility index (Phi) is 5.59. The van der Waals surface area contributed by atoms with Crippen molar-refractivity contribution < 1.29 is 17.5 Å². The van der Waals surface area contributed by atoms with Crippen LogP contribution in [0, 0.1) is 5.82 Å². The Morgan fingerprint density at radius 3 is 2.36 bits per heavy atom. The number of rotatable bonds is 7. The average molecular weight is 324 g/mol. The van der Waals surface area contributed by atoms with E-state index in [1.807, 2.05) is 0 Å². The zero-order valence-corrected chi connectivity index (χ0v) is 13.0. The van der Waals surface area contributed by atoms with Crippen molar-refractivity contribution in [2.45, 2.75) is 11.4 Å². The number of aromatic nitrogens is 1. The van der Waals surface area contributed by atoms with Gasteiger partial charge in [0, 0.05) is 32.6 Å². The largest absolute Gasteiger partial charge is 0.383 e. The number of hydrogen-bond acceptors (Lipinski definition) is 4. The zero-order valence-electron chi connectivity index (χ0n) is 12.1. The van der Waals surface area contributed by atoms with Crippen LogP contribution in [0.25, 0.3) is 0 Å². The van der Waals surface area contributed by atoms with E-state index in [4.69, 9.17) is 4.74 Å². The maximum absolute atomic E-state index is 13.0. The molecule has 0 N–H and O–H groups in total. The summed E-state index contributed by atoms with van der Waals surface area (Å²) >= 11 is 0. The summed E-state index contributed by atoms with van der Waals surface area (Å²) in [6.45, 7) is 0.676. The fourth-order valence-corrected chi connectivity index (χ4v) is 3.34. The minimum absolute atomic E-state index is 0.0547. The lowest BCUT2D eigenvalue weighted by Gasteiger charge is -2.22. The van der Waals surface area contributed by atoms with Crippen LogP contribution in [0.5, 0.6) is 0 Å². The van der Waals surface area contributed by atoms with E-state index in [-0.39, 0.29) is 24.6 Å². The average Bonchev–Trinajstić information content (AvgIpc) is 2.52. The van der Waals surface area contributed by atoms with E-state index in [0.29, 0.717) is 0 Å². The van der Waals surface area contributed by atoms with Crippen molar-refractivity contribution in [1.29, 1.82) is 0 Å². The summed E-state index contributed by atoms with van der Waals surface area (Å²) in [5.74, 6) is -0.475. The van der Waals surface area contributed by atoms with Gasteiger partial charge in [-0.05, 0) is 42.0 Å². The molecule has 0 aliphatic carbocycles. The summed E-state index contributed by atoms with van der Waals surface area (Å²) in [6, 6.07) is 8.29. The third-order valence-corrected chi connectivity index (χ3v) is 4.96. The number of benzene rings is 1. The predicted molar refractivity (Wildman–Crippen MR) is 80.1 cm³/mol. The summed E-state index contributed by atoms with van der Waals surface area (Å²) in [7, 11) is -2.21. The van der Waals surface area contributed by atoms with Gasteiger partial charge in [-0.15, -0.1) is 0 Å². The summed E-state index contributed by atoms with van der Waals surface area (Å²) in [5.41, 5.74) is 0.816. The van der Waals surface area contributed by atoms with Crippen LogP contribution in [-0.4, -0.2) is 38.0 Å². The minimum atomic E-state index is -3.72. The smallest absolute Gasteiger partial charge is 0.243 e. The third-order valence-electron chi connectivity index (χ3n) is 3.10.